The number of halogens is 2. The van der Waals surface area contributed by atoms with Gasteiger partial charge >= 0.3 is 0 Å². The van der Waals surface area contributed by atoms with Crippen molar-refractivity contribution in [3.8, 4) is 5.75 Å². The van der Waals surface area contributed by atoms with Crippen LogP contribution in [0.4, 0.5) is 4.39 Å². The highest BCUT2D eigenvalue weighted by atomic mass is 35.5. The first-order valence-corrected chi connectivity index (χ1v) is 9.93. The van der Waals surface area contributed by atoms with Crippen LogP contribution in [-0.2, 0) is 14.3 Å². The van der Waals surface area contributed by atoms with Crippen LogP contribution in [0.2, 0.25) is 5.02 Å². The average Bonchev–Trinajstić information content (AvgIpc) is 2.91. The molecule has 6 nitrogen and oxygen atoms in total. The molecule has 2 bridgehead atoms. The highest BCUT2D eigenvalue weighted by Crippen LogP contribution is 2.60. The van der Waals surface area contributed by atoms with Gasteiger partial charge in [0.05, 0.1) is 23.1 Å². The van der Waals surface area contributed by atoms with Crippen molar-refractivity contribution in [3.05, 3.63) is 29.0 Å². The Bertz CT molecular complexity index is 798. The molecule has 3 atom stereocenters. The average molecular weight is 411 g/mol. The quantitative estimate of drug-likeness (QED) is 0.755. The number of rotatable bonds is 6. The molecule has 1 saturated heterocycles. The third-order valence-electron chi connectivity index (χ3n) is 6.02. The standard InChI is InChI=1S/C20H24ClFN2O4/c1-11-5-14(12(2)28-11)18(26)24-20-8-19(9-20,10-20)23-17(25)7-27-13-3-4-15(21)16(22)6-13/h3-4,6,11-12,14H,5,7-10H2,1-2H3,(H,23,25)(H,24,26). The summed E-state index contributed by atoms with van der Waals surface area (Å²) in [5, 5.41) is 6.15. The van der Waals surface area contributed by atoms with E-state index < -0.39 is 5.82 Å². The number of nitrogens with one attached hydrogen (secondary N) is 2. The summed E-state index contributed by atoms with van der Waals surface area (Å²) in [6.07, 6.45) is 2.97. The van der Waals surface area contributed by atoms with Crippen LogP contribution < -0.4 is 15.4 Å². The van der Waals surface area contributed by atoms with Gasteiger partial charge in [0.1, 0.15) is 11.6 Å². The molecule has 3 unspecified atom stereocenters. The van der Waals surface area contributed by atoms with Gasteiger partial charge in [0.15, 0.2) is 6.61 Å². The maximum atomic E-state index is 13.4. The molecule has 1 aromatic rings. The zero-order valence-electron chi connectivity index (χ0n) is 15.9. The van der Waals surface area contributed by atoms with E-state index in [4.69, 9.17) is 21.1 Å². The lowest BCUT2D eigenvalue weighted by atomic mass is 9.44. The molecule has 4 aliphatic rings. The van der Waals surface area contributed by atoms with Crippen LogP contribution in [0.3, 0.4) is 0 Å². The number of hydrogen-bond acceptors (Lipinski definition) is 4. The number of benzene rings is 1. The number of amides is 2. The van der Waals surface area contributed by atoms with E-state index in [2.05, 4.69) is 10.6 Å². The molecule has 152 valence electrons. The van der Waals surface area contributed by atoms with Crippen LogP contribution in [0, 0.1) is 11.7 Å². The van der Waals surface area contributed by atoms with Crippen molar-refractivity contribution in [3.63, 3.8) is 0 Å². The van der Waals surface area contributed by atoms with Crippen LogP contribution in [-0.4, -0.2) is 41.7 Å². The van der Waals surface area contributed by atoms with Crippen molar-refractivity contribution >= 4 is 23.4 Å². The maximum Gasteiger partial charge on any atom is 0.258 e. The second-order valence-electron chi connectivity index (χ2n) is 8.49. The van der Waals surface area contributed by atoms with Crippen LogP contribution in [0.15, 0.2) is 18.2 Å². The lowest BCUT2D eigenvalue weighted by molar-refractivity contribution is -0.153. The molecule has 1 heterocycles. The van der Waals surface area contributed by atoms with E-state index in [0.717, 1.165) is 31.7 Å². The van der Waals surface area contributed by atoms with Gasteiger partial charge in [-0.25, -0.2) is 4.39 Å². The summed E-state index contributed by atoms with van der Waals surface area (Å²) in [6.45, 7) is 3.72. The van der Waals surface area contributed by atoms with Crippen molar-refractivity contribution in [2.75, 3.05) is 6.61 Å². The molecule has 2 N–H and O–H groups in total. The Hall–Kier alpha value is -1.86. The number of ether oxygens (including phenoxy) is 2. The van der Waals surface area contributed by atoms with Crippen molar-refractivity contribution in [1.82, 2.24) is 10.6 Å². The Kier molecular flexibility index (Phi) is 4.78. The number of hydrogen-bond donors (Lipinski definition) is 2. The molecule has 0 aromatic heterocycles. The zero-order valence-corrected chi connectivity index (χ0v) is 16.6. The van der Waals surface area contributed by atoms with E-state index >= 15 is 0 Å². The maximum absolute atomic E-state index is 13.4. The Morgan fingerprint density at radius 2 is 1.93 bits per heavy atom. The first-order valence-electron chi connectivity index (χ1n) is 9.56. The third-order valence-corrected chi connectivity index (χ3v) is 6.33. The van der Waals surface area contributed by atoms with Gasteiger partial charge in [-0.05, 0) is 51.7 Å². The smallest absolute Gasteiger partial charge is 0.258 e. The van der Waals surface area contributed by atoms with Gasteiger partial charge < -0.3 is 20.1 Å². The van der Waals surface area contributed by atoms with Crippen LogP contribution >= 0.6 is 11.6 Å². The normalized spacial score (nSPS) is 35.5. The molecule has 5 rings (SSSR count). The summed E-state index contributed by atoms with van der Waals surface area (Å²) in [6, 6.07) is 4.04. The fraction of sp³-hybridized carbons (Fsp3) is 0.600. The van der Waals surface area contributed by atoms with E-state index in [1.807, 2.05) is 13.8 Å². The van der Waals surface area contributed by atoms with Gasteiger partial charge in [0.25, 0.3) is 5.91 Å². The topological polar surface area (TPSA) is 76.7 Å². The molecule has 1 aromatic carbocycles. The Morgan fingerprint density at radius 3 is 2.54 bits per heavy atom. The summed E-state index contributed by atoms with van der Waals surface area (Å²) in [4.78, 5) is 24.7. The molecule has 0 spiro atoms. The van der Waals surface area contributed by atoms with Crippen LogP contribution in [0.25, 0.3) is 0 Å². The van der Waals surface area contributed by atoms with E-state index in [1.165, 1.54) is 12.1 Å². The third kappa shape index (κ3) is 3.57. The SMILES string of the molecule is CC1CC(C(=O)NC23CC(NC(=O)COc4ccc(Cl)c(F)c4)(C2)C3)C(C)O1. The second kappa shape index (κ2) is 6.88. The highest BCUT2D eigenvalue weighted by molar-refractivity contribution is 6.30. The lowest BCUT2D eigenvalue weighted by Gasteiger charge is -2.70. The molecule has 0 radical (unpaired) electrons. The van der Waals surface area contributed by atoms with E-state index in [-0.39, 0.29) is 58.4 Å². The molecule has 8 heteroatoms. The monoisotopic (exact) mass is 410 g/mol. The Balaban J connectivity index is 1.21. The van der Waals surface area contributed by atoms with Gasteiger partial charge in [-0.1, -0.05) is 11.6 Å². The van der Waals surface area contributed by atoms with Gasteiger partial charge in [-0.2, -0.15) is 0 Å². The molecule has 3 saturated carbocycles. The minimum atomic E-state index is -0.590. The van der Waals surface area contributed by atoms with Crippen molar-refractivity contribution in [2.24, 2.45) is 5.92 Å². The summed E-state index contributed by atoms with van der Waals surface area (Å²) in [5.41, 5.74) is -0.458. The van der Waals surface area contributed by atoms with Gasteiger partial charge in [-0.3, -0.25) is 9.59 Å². The van der Waals surface area contributed by atoms with Crippen molar-refractivity contribution < 1.29 is 23.5 Å². The van der Waals surface area contributed by atoms with E-state index in [9.17, 15) is 14.0 Å². The first-order chi connectivity index (χ1) is 13.2. The first kappa shape index (κ1) is 19.5. The molecule has 3 aliphatic carbocycles. The molecular formula is C20H24ClFN2O4. The summed E-state index contributed by atoms with van der Waals surface area (Å²) in [5.74, 6) is -0.664. The van der Waals surface area contributed by atoms with Crippen LogP contribution in [0.5, 0.6) is 5.75 Å². The van der Waals surface area contributed by atoms with Crippen LogP contribution in [0.1, 0.15) is 39.5 Å². The van der Waals surface area contributed by atoms with Gasteiger partial charge in [-0.15, -0.1) is 0 Å². The van der Waals surface area contributed by atoms with Crippen molar-refractivity contribution in [1.29, 1.82) is 0 Å². The number of carbonyl (C=O) groups excluding carboxylic acids is 2. The van der Waals surface area contributed by atoms with E-state index in [0.29, 0.717) is 0 Å². The molecule has 1 aliphatic heterocycles. The molecular weight excluding hydrogens is 387 g/mol. The predicted octanol–water partition coefficient (Wildman–Crippen LogP) is 2.58. The minimum Gasteiger partial charge on any atom is -0.484 e. The number of carbonyl (C=O) groups is 2. The van der Waals surface area contributed by atoms with Gasteiger partial charge in [0.2, 0.25) is 5.91 Å². The zero-order chi connectivity index (χ0) is 20.1. The minimum absolute atomic E-state index is 0.00558. The highest BCUT2D eigenvalue weighted by Gasteiger charge is 2.69. The fourth-order valence-corrected chi connectivity index (χ4v) is 4.96. The summed E-state index contributed by atoms with van der Waals surface area (Å²) < 4.78 is 24.4. The predicted molar refractivity (Wildman–Crippen MR) is 101 cm³/mol. The van der Waals surface area contributed by atoms with Crippen molar-refractivity contribution in [2.45, 2.75) is 62.8 Å². The molecule has 2 amide bonds. The summed E-state index contributed by atoms with van der Waals surface area (Å²) >= 11 is 5.62. The summed E-state index contributed by atoms with van der Waals surface area (Å²) in [7, 11) is 0. The largest absolute Gasteiger partial charge is 0.484 e. The van der Waals surface area contributed by atoms with E-state index in [1.54, 1.807) is 0 Å². The molecule has 4 fully saturated rings. The Morgan fingerprint density at radius 1 is 1.25 bits per heavy atom. The molecule has 28 heavy (non-hydrogen) atoms. The van der Waals surface area contributed by atoms with Gasteiger partial charge in [0, 0.05) is 17.1 Å². The second-order valence-corrected chi connectivity index (χ2v) is 8.89. The fourth-order valence-electron chi connectivity index (χ4n) is 4.84. The lowest BCUT2D eigenvalue weighted by Crippen LogP contribution is -2.84. The Labute approximate surface area is 168 Å².